The first-order valence-electron chi connectivity index (χ1n) is 9.21. The van der Waals surface area contributed by atoms with Crippen LogP contribution in [0.1, 0.15) is 44.9 Å². The Balaban J connectivity index is 1.97. The average molecular weight is 404 g/mol. The second kappa shape index (κ2) is 13.6. The van der Waals surface area contributed by atoms with Crippen molar-refractivity contribution < 1.29 is 33.5 Å². The minimum absolute atomic E-state index is 0.0362. The van der Waals surface area contributed by atoms with Gasteiger partial charge in [0.2, 0.25) is 5.91 Å². The molecule has 0 spiro atoms. The highest BCUT2D eigenvalue weighted by Crippen LogP contribution is 2.18. The molecule has 1 aliphatic rings. The molecule has 0 saturated heterocycles. The Morgan fingerprint density at radius 2 is 1.85 bits per heavy atom. The molecule has 2 unspecified atom stereocenters. The Bertz CT molecular complexity index is 535. The number of aliphatic hydroxyl groups is 1. The smallest absolute Gasteiger partial charge is 0.316 e. The molecular weight excluding hydrogens is 375 g/mol. The van der Waals surface area contributed by atoms with Crippen molar-refractivity contribution in [2.24, 2.45) is 5.92 Å². The summed E-state index contributed by atoms with van der Waals surface area (Å²) < 4.78 is 15.1. The van der Waals surface area contributed by atoms with Crippen molar-refractivity contribution in [3.63, 3.8) is 0 Å². The number of carbonyl (C=O) groups is 3. The minimum Gasteiger partial charge on any atom is -0.396 e. The third kappa shape index (κ3) is 10.4. The molecule has 0 fully saturated rings. The first-order chi connectivity index (χ1) is 12.9. The zero-order valence-corrected chi connectivity index (χ0v) is 16.4. The van der Waals surface area contributed by atoms with Crippen molar-refractivity contribution in [2.75, 3.05) is 26.3 Å². The predicted molar refractivity (Wildman–Crippen MR) is 98.9 cm³/mol. The number of aliphatic hydroxyl groups excluding tert-OH is 1. The van der Waals surface area contributed by atoms with Gasteiger partial charge in [-0.25, -0.2) is 0 Å². The van der Waals surface area contributed by atoms with Gasteiger partial charge in [0.15, 0.2) is 0 Å². The molecule has 0 saturated carbocycles. The number of imide groups is 1. The van der Waals surface area contributed by atoms with Crippen LogP contribution in [0, 0.1) is 5.92 Å². The van der Waals surface area contributed by atoms with Gasteiger partial charge in [0, 0.05) is 44.2 Å². The molecule has 2 atom stereocenters. The van der Waals surface area contributed by atoms with Crippen LogP contribution in [0.25, 0.3) is 0 Å². The topological polar surface area (TPSA) is 133 Å². The zero-order chi connectivity index (χ0) is 20.1. The first-order valence-corrected chi connectivity index (χ1v) is 10.5. The summed E-state index contributed by atoms with van der Waals surface area (Å²) in [6.45, 7) is 0.873. The molecule has 0 aromatic rings. The molecule has 1 heterocycles. The molecule has 3 amide bonds. The number of carbonyl (C=O) groups excluding carboxylic acids is 3. The molecule has 1 aliphatic heterocycles. The lowest BCUT2D eigenvalue weighted by Gasteiger charge is -2.13. The van der Waals surface area contributed by atoms with Gasteiger partial charge in [-0.3, -0.25) is 23.8 Å². The van der Waals surface area contributed by atoms with E-state index < -0.39 is 8.25 Å². The van der Waals surface area contributed by atoms with Crippen LogP contribution in [0.4, 0.5) is 0 Å². The molecule has 1 rings (SSSR count). The SMILES string of the molecule is O=C(CCCCCN1C(=O)C=CC1=O)NCCCCC(CO)CO[PH](=O)O. The van der Waals surface area contributed by atoms with Gasteiger partial charge in [-0.2, -0.15) is 0 Å². The Morgan fingerprint density at radius 3 is 2.48 bits per heavy atom. The zero-order valence-electron chi connectivity index (χ0n) is 15.4. The third-order valence-electron chi connectivity index (χ3n) is 4.25. The summed E-state index contributed by atoms with van der Waals surface area (Å²) in [5.41, 5.74) is 0. The summed E-state index contributed by atoms with van der Waals surface area (Å²) in [5, 5.41) is 12.0. The molecule has 10 heteroatoms. The van der Waals surface area contributed by atoms with E-state index in [1.807, 2.05) is 0 Å². The van der Waals surface area contributed by atoms with Crippen molar-refractivity contribution in [3.8, 4) is 0 Å². The lowest BCUT2D eigenvalue weighted by Crippen LogP contribution is -2.30. The Labute approximate surface area is 159 Å². The van der Waals surface area contributed by atoms with E-state index in [2.05, 4.69) is 9.84 Å². The number of nitrogens with zero attached hydrogens (tertiary/aromatic N) is 1. The van der Waals surface area contributed by atoms with Gasteiger partial charge in [-0.15, -0.1) is 0 Å². The maximum absolute atomic E-state index is 11.7. The van der Waals surface area contributed by atoms with Crippen molar-refractivity contribution in [3.05, 3.63) is 12.2 Å². The van der Waals surface area contributed by atoms with Crippen LogP contribution < -0.4 is 5.32 Å². The van der Waals surface area contributed by atoms with Gasteiger partial charge in [0.25, 0.3) is 11.8 Å². The van der Waals surface area contributed by atoms with Gasteiger partial charge in [-0.05, 0) is 25.7 Å². The van der Waals surface area contributed by atoms with Crippen molar-refractivity contribution in [2.45, 2.75) is 44.9 Å². The van der Waals surface area contributed by atoms with E-state index in [1.54, 1.807) is 0 Å². The molecule has 0 aromatic heterocycles. The van der Waals surface area contributed by atoms with E-state index in [9.17, 15) is 18.9 Å². The molecule has 0 bridgehead atoms. The fourth-order valence-electron chi connectivity index (χ4n) is 2.67. The summed E-state index contributed by atoms with van der Waals surface area (Å²) in [6.07, 6.45) is 7.24. The summed E-state index contributed by atoms with van der Waals surface area (Å²) in [7, 11) is -2.97. The maximum Gasteiger partial charge on any atom is 0.316 e. The highest BCUT2D eigenvalue weighted by atomic mass is 31.1. The maximum atomic E-state index is 11.7. The summed E-state index contributed by atoms with van der Waals surface area (Å²) in [6, 6.07) is 0. The second-order valence-corrected chi connectivity index (χ2v) is 7.26. The number of amides is 3. The van der Waals surface area contributed by atoms with Crippen LogP contribution in [-0.4, -0.2) is 58.9 Å². The van der Waals surface area contributed by atoms with Crippen LogP contribution in [0.3, 0.4) is 0 Å². The van der Waals surface area contributed by atoms with E-state index in [0.717, 1.165) is 19.3 Å². The van der Waals surface area contributed by atoms with Crippen LogP contribution in [0.15, 0.2) is 12.2 Å². The lowest BCUT2D eigenvalue weighted by molar-refractivity contribution is -0.137. The molecule has 0 radical (unpaired) electrons. The molecule has 27 heavy (non-hydrogen) atoms. The summed E-state index contributed by atoms with van der Waals surface area (Å²) >= 11 is 0. The largest absolute Gasteiger partial charge is 0.396 e. The Kier molecular flexibility index (Phi) is 11.8. The van der Waals surface area contributed by atoms with Gasteiger partial charge in [-0.1, -0.05) is 12.8 Å². The van der Waals surface area contributed by atoms with Crippen molar-refractivity contribution in [1.82, 2.24) is 10.2 Å². The molecular formula is C17H29N2O7P. The number of hydrogen-bond donors (Lipinski definition) is 3. The van der Waals surface area contributed by atoms with Gasteiger partial charge in [0.05, 0.1) is 6.61 Å². The fraction of sp³-hybridized carbons (Fsp3) is 0.706. The van der Waals surface area contributed by atoms with Crippen molar-refractivity contribution in [1.29, 1.82) is 0 Å². The van der Waals surface area contributed by atoms with Crippen molar-refractivity contribution >= 4 is 26.0 Å². The highest BCUT2D eigenvalue weighted by molar-refractivity contribution is 7.32. The normalized spacial score (nSPS) is 16.0. The van der Waals surface area contributed by atoms with Crippen LogP contribution >= 0.6 is 8.25 Å². The highest BCUT2D eigenvalue weighted by Gasteiger charge is 2.22. The number of rotatable bonds is 15. The molecule has 0 aromatic carbocycles. The molecule has 0 aliphatic carbocycles. The Hall–Kier alpha value is -1.54. The second-order valence-electron chi connectivity index (χ2n) is 6.44. The number of unbranched alkanes of at least 4 members (excludes halogenated alkanes) is 3. The fourth-order valence-corrected chi connectivity index (χ4v) is 3.05. The van der Waals surface area contributed by atoms with Crippen LogP contribution in [0.5, 0.6) is 0 Å². The predicted octanol–water partition coefficient (Wildman–Crippen LogP) is 0.765. The monoisotopic (exact) mass is 404 g/mol. The van der Waals surface area contributed by atoms with E-state index >= 15 is 0 Å². The van der Waals surface area contributed by atoms with E-state index in [1.165, 1.54) is 17.1 Å². The lowest BCUT2D eigenvalue weighted by atomic mass is 10.0. The molecule has 9 nitrogen and oxygen atoms in total. The van der Waals surface area contributed by atoms with Gasteiger partial charge in [0.1, 0.15) is 0 Å². The Morgan fingerprint density at radius 1 is 1.15 bits per heavy atom. The first kappa shape index (κ1) is 23.5. The average Bonchev–Trinajstić information content (AvgIpc) is 2.95. The van der Waals surface area contributed by atoms with Crippen LogP contribution in [-0.2, 0) is 23.5 Å². The molecule has 154 valence electrons. The summed E-state index contributed by atoms with van der Waals surface area (Å²) in [4.78, 5) is 44.3. The van der Waals surface area contributed by atoms with Crippen LogP contribution in [0.2, 0.25) is 0 Å². The van der Waals surface area contributed by atoms with E-state index in [4.69, 9.17) is 10.00 Å². The molecule has 3 N–H and O–H groups in total. The quantitative estimate of drug-likeness (QED) is 0.208. The summed E-state index contributed by atoms with van der Waals surface area (Å²) in [5.74, 6) is -0.769. The third-order valence-corrected chi connectivity index (χ3v) is 4.66. The number of nitrogens with one attached hydrogen (secondary N) is 1. The van der Waals surface area contributed by atoms with E-state index in [-0.39, 0.29) is 36.9 Å². The van der Waals surface area contributed by atoms with Gasteiger partial charge < -0.3 is 19.8 Å². The van der Waals surface area contributed by atoms with E-state index in [0.29, 0.717) is 38.8 Å². The standard InChI is InChI=1S/C17H29N2O7P/c20-12-14(13-26-27(24)25)6-3-4-10-18-15(21)7-2-1-5-11-19-16(22)8-9-17(19)23/h8-9,14,20,27H,1-7,10-13H2,(H,18,21)(H,24,25). The number of hydrogen-bond acceptors (Lipinski definition) is 6. The van der Waals surface area contributed by atoms with Gasteiger partial charge >= 0.3 is 8.25 Å². The minimum atomic E-state index is -2.97.